The Morgan fingerprint density at radius 1 is 0.950 bits per heavy atom. The van der Waals surface area contributed by atoms with Crippen molar-refractivity contribution in [1.82, 2.24) is 0 Å². The highest BCUT2D eigenvalue weighted by atomic mass is 28.3. The molecule has 116 valence electrons. The minimum atomic E-state index is -1.26. The number of rotatable bonds is 3. The number of hydrogen-bond donors (Lipinski definition) is 0. The number of nitrogens with zero attached hydrogens (tertiary/aromatic N) is 1. The lowest BCUT2D eigenvalue weighted by Gasteiger charge is -2.31. The molecular formula is C18H35NSi. The van der Waals surface area contributed by atoms with E-state index in [2.05, 4.69) is 33.1 Å². The molecule has 0 aromatic carbocycles. The van der Waals surface area contributed by atoms with Gasteiger partial charge in [0.05, 0.1) is 8.07 Å². The van der Waals surface area contributed by atoms with E-state index >= 15 is 0 Å². The average Bonchev–Trinajstić information content (AvgIpc) is 2.30. The molecule has 1 aliphatic rings. The van der Waals surface area contributed by atoms with E-state index in [1.165, 1.54) is 69.1 Å². The van der Waals surface area contributed by atoms with E-state index in [0.29, 0.717) is 5.54 Å². The molecule has 0 amide bonds. The van der Waals surface area contributed by atoms with Crippen LogP contribution in [-0.4, -0.2) is 20.3 Å². The smallest absolute Gasteiger partial charge is 0.0584 e. The van der Waals surface area contributed by atoms with Gasteiger partial charge in [-0.3, -0.25) is 4.99 Å². The first-order valence-corrected chi connectivity index (χ1v) is 12.2. The van der Waals surface area contributed by atoms with Crippen molar-refractivity contribution >= 4 is 13.8 Å². The van der Waals surface area contributed by atoms with Gasteiger partial charge >= 0.3 is 0 Å². The molecule has 1 nitrogen and oxygen atoms in total. The molecule has 1 heterocycles. The summed E-state index contributed by atoms with van der Waals surface area (Å²) in [6.07, 6.45) is 12.2. The summed E-state index contributed by atoms with van der Waals surface area (Å²) in [5.41, 5.74) is 3.41. The van der Waals surface area contributed by atoms with Gasteiger partial charge in [-0.15, -0.1) is 0 Å². The monoisotopic (exact) mass is 293 g/mol. The van der Waals surface area contributed by atoms with Gasteiger partial charge < -0.3 is 0 Å². The summed E-state index contributed by atoms with van der Waals surface area (Å²) in [5.74, 6) is 0. The number of hydrogen-bond acceptors (Lipinski definition) is 1. The summed E-state index contributed by atoms with van der Waals surface area (Å²) < 4.78 is 0. The van der Waals surface area contributed by atoms with Crippen LogP contribution in [0.25, 0.3) is 0 Å². The van der Waals surface area contributed by atoms with Gasteiger partial charge in [0.2, 0.25) is 0 Å². The lowest BCUT2D eigenvalue weighted by molar-refractivity contribution is 0.568. The quantitative estimate of drug-likeness (QED) is 0.431. The fraction of sp³-hybridized carbons (Fsp3) is 0.833. The zero-order chi connectivity index (χ0) is 15.0. The van der Waals surface area contributed by atoms with Crippen LogP contribution in [0.3, 0.4) is 0 Å². The van der Waals surface area contributed by atoms with Crippen molar-refractivity contribution in [1.29, 1.82) is 0 Å². The van der Waals surface area contributed by atoms with Crippen LogP contribution in [0, 0.1) is 0 Å². The van der Waals surface area contributed by atoms with Gasteiger partial charge in [-0.05, 0) is 26.2 Å². The molecule has 1 aliphatic heterocycles. The van der Waals surface area contributed by atoms with Crippen LogP contribution in [0.1, 0.15) is 64.7 Å². The topological polar surface area (TPSA) is 12.4 Å². The van der Waals surface area contributed by atoms with Crippen LogP contribution < -0.4 is 0 Å². The molecule has 0 spiro atoms. The van der Waals surface area contributed by atoms with Crippen molar-refractivity contribution < 1.29 is 0 Å². The van der Waals surface area contributed by atoms with E-state index < -0.39 is 8.07 Å². The van der Waals surface area contributed by atoms with Crippen LogP contribution in [0.5, 0.6) is 0 Å². The maximum Gasteiger partial charge on any atom is 0.0584 e. The summed E-state index contributed by atoms with van der Waals surface area (Å²) in [6.45, 7) is 14.9. The Kier molecular flexibility index (Phi) is 7.79. The Hall–Kier alpha value is -0.373. The predicted octanol–water partition coefficient (Wildman–Crippen LogP) is 6.24. The Bertz CT molecular complexity index is 325. The molecule has 2 heteroatoms. The SMILES string of the molecule is C=C(C)C(C1=NCCCCCCCCCC1)[Si](C)(C)C. The van der Waals surface area contributed by atoms with E-state index in [0.717, 1.165) is 6.54 Å². The summed E-state index contributed by atoms with van der Waals surface area (Å²) >= 11 is 0. The maximum atomic E-state index is 5.04. The predicted molar refractivity (Wildman–Crippen MR) is 95.8 cm³/mol. The van der Waals surface area contributed by atoms with E-state index in [1.54, 1.807) is 0 Å². The van der Waals surface area contributed by atoms with Gasteiger partial charge in [-0.25, -0.2) is 0 Å². The fourth-order valence-corrected chi connectivity index (χ4v) is 6.25. The standard InChI is InChI=1S/C18H35NSi/c1-16(2)18(20(3,4)5)17-14-12-10-8-6-7-9-11-13-15-19-17/h18H,1,6-15H2,2-5H3. The zero-order valence-corrected chi connectivity index (χ0v) is 15.3. The van der Waals surface area contributed by atoms with E-state index in [-0.39, 0.29) is 0 Å². The third-order valence-electron chi connectivity index (χ3n) is 4.35. The van der Waals surface area contributed by atoms with Crippen LogP contribution >= 0.6 is 0 Å². The molecular weight excluding hydrogens is 258 g/mol. The molecule has 0 radical (unpaired) electrons. The lowest BCUT2D eigenvalue weighted by Crippen LogP contribution is -2.34. The molecule has 1 atom stereocenters. The highest BCUT2D eigenvalue weighted by molar-refractivity contribution is 6.81. The summed E-state index contributed by atoms with van der Waals surface area (Å²) in [5, 5.41) is 0. The highest BCUT2D eigenvalue weighted by Crippen LogP contribution is 2.32. The summed E-state index contributed by atoms with van der Waals surface area (Å²) in [7, 11) is -1.26. The van der Waals surface area contributed by atoms with Gasteiger partial charge in [0.1, 0.15) is 0 Å². The molecule has 0 fully saturated rings. The van der Waals surface area contributed by atoms with Crippen LogP contribution in [0.15, 0.2) is 17.1 Å². The van der Waals surface area contributed by atoms with Crippen molar-refractivity contribution in [3.05, 3.63) is 12.2 Å². The molecule has 0 saturated heterocycles. The van der Waals surface area contributed by atoms with Gasteiger partial charge in [-0.2, -0.15) is 0 Å². The van der Waals surface area contributed by atoms with Gasteiger partial charge in [0.25, 0.3) is 0 Å². The van der Waals surface area contributed by atoms with Gasteiger partial charge in [0.15, 0.2) is 0 Å². The molecule has 0 aromatic rings. The lowest BCUT2D eigenvalue weighted by atomic mass is 10.0. The first kappa shape index (κ1) is 17.7. The zero-order valence-electron chi connectivity index (χ0n) is 14.3. The Morgan fingerprint density at radius 2 is 1.45 bits per heavy atom. The number of allylic oxidation sites excluding steroid dienone is 1. The molecule has 1 rings (SSSR count). The second-order valence-electron chi connectivity index (χ2n) is 7.60. The van der Waals surface area contributed by atoms with Crippen molar-refractivity contribution in [3.63, 3.8) is 0 Å². The van der Waals surface area contributed by atoms with Crippen LogP contribution in [-0.2, 0) is 0 Å². The van der Waals surface area contributed by atoms with E-state index in [4.69, 9.17) is 4.99 Å². The fourth-order valence-electron chi connectivity index (χ4n) is 3.54. The highest BCUT2D eigenvalue weighted by Gasteiger charge is 2.31. The third-order valence-corrected chi connectivity index (χ3v) is 6.91. The van der Waals surface area contributed by atoms with E-state index in [9.17, 15) is 0 Å². The molecule has 0 bridgehead atoms. The second-order valence-corrected chi connectivity index (χ2v) is 12.9. The minimum Gasteiger partial charge on any atom is -0.294 e. The van der Waals surface area contributed by atoms with Crippen molar-refractivity contribution in [3.8, 4) is 0 Å². The minimum absolute atomic E-state index is 0.588. The summed E-state index contributed by atoms with van der Waals surface area (Å²) in [6, 6.07) is 0. The van der Waals surface area contributed by atoms with Crippen molar-refractivity contribution in [2.45, 2.75) is 89.9 Å². The van der Waals surface area contributed by atoms with Crippen molar-refractivity contribution in [2.75, 3.05) is 6.54 Å². The van der Waals surface area contributed by atoms with Crippen molar-refractivity contribution in [2.24, 2.45) is 4.99 Å². The molecule has 0 saturated carbocycles. The normalized spacial score (nSPS) is 21.3. The average molecular weight is 294 g/mol. The molecule has 1 unspecified atom stereocenters. The Morgan fingerprint density at radius 3 is 1.95 bits per heavy atom. The first-order chi connectivity index (χ1) is 9.43. The largest absolute Gasteiger partial charge is 0.294 e. The molecule has 20 heavy (non-hydrogen) atoms. The second kappa shape index (κ2) is 8.81. The van der Waals surface area contributed by atoms with Gasteiger partial charge in [0, 0.05) is 17.8 Å². The van der Waals surface area contributed by atoms with Crippen LogP contribution in [0.2, 0.25) is 25.2 Å². The Labute approximate surface area is 128 Å². The maximum absolute atomic E-state index is 5.04. The van der Waals surface area contributed by atoms with Crippen LogP contribution in [0.4, 0.5) is 0 Å². The Balaban J connectivity index is 2.80. The molecule has 0 N–H and O–H groups in total. The van der Waals surface area contributed by atoms with E-state index in [1.807, 2.05) is 0 Å². The molecule has 0 aliphatic carbocycles. The first-order valence-electron chi connectivity index (χ1n) is 8.61. The number of aliphatic imine (C=N–C) groups is 1. The molecule has 0 aromatic heterocycles. The van der Waals surface area contributed by atoms with Gasteiger partial charge in [-0.1, -0.05) is 70.3 Å². The third kappa shape index (κ3) is 6.38. The summed E-state index contributed by atoms with van der Waals surface area (Å²) in [4.78, 5) is 5.04.